The summed E-state index contributed by atoms with van der Waals surface area (Å²) in [5.74, 6) is 1.70. The van der Waals surface area contributed by atoms with Crippen molar-refractivity contribution in [2.24, 2.45) is 0 Å². The number of nitrogens with zero attached hydrogens (tertiary/aromatic N) is 6. The van der Waals surface area contributed by atoms with Crippen molar-refractivity contribution in [1.29, 1.82) is 0 Å². The summed E-state index contributed by atoms with van der Waals surface area (Å²) in [5, 5.41) is 7.34. The number of amides is 1. The molecule has 0 spiro atoms. The molecule has 1 fully saturated rings. The quantitative estimate of drug-likeness (QED) is 0.344. The Balaban J connectivity index is 1.44. The number of aryl methyl sites for hydroxylation is 2. The summed E-state index contributed by atoms with van der Waals surface area (Å²) in [6.07, 6.45) is -0.543. The maximum atomic E-state index is 13.0. The molecular formula is C25H26F3N7O2. The second kappa shape index (κ2) is 9.83. The largest absolute Gasteiger partial charge is 0.416 e. The van der Waals surface area contributed by atoms with Gasteiger partial charge in [-0.2, -0.15) is 13.2 Å². The molecule has 1 amide bonds. The van der Waals surface area contributed by atoms with Crippen LogP contribution in [-0.2, 0) is 17.5 Å². The van der Waals surface area contributed by atoms with E-state index in [9.17, 15) is 18.0 Å². The molecule has 1 aromatic carbocycles. The van der Waals surface area contributed by atoms with Gasteiger partial charge in [-0.3, -0.25) is 4.79 Å². The number of aromatic nitrogens is 5. The zero-order chi connectivity index (χ0) is 26.2. The molecule has 1 N–H and O–H groups in total. The normalized spacial score (nSPS) is 14.2. The molecule has 12 heteroatoms. The highest BCUT2D eigenvalue weighted by molar-refractivity contribution is 5.85. The molecule has 0 saturated carbocycles. The Morgan fingerprint density at radius 3 is 2.57 bits per heavy atom. The molecular weight excluding hydrogens is 487 g/mol. The number of halogens is 3. The number of hydrogen-bond acceptors (Lipinski definition) is 7. The summed E-state index contributed by atoms with van der Waals surface area (Å²) in [4.78, 5) is 27.7. The average Bonchev–Trinajstić information content (AvgIpc) is 3.55. The van der Waals surface area contributed by atoms with Crippen LogP contribution in [-0.4, -0.2) is 55.1 Å². The number of anilines is 1. The third kappa shape index (κ3) is 5.13. The van der Waals surface area contributed by atoms with E-state index in [2.05, 4.69) is 15.5 Å². The lowest BCUT2D eigenvalue weighted by Gasteiger charge is -2.15. The van der Waals surface area contributed by atoms with Crippen LogP contribution in [0.25, 0.3) is 22.6 Å². The highest BCUT2D eigenvalue weighted by Crippen LogP contribution is 2.30. The fraction of sp³-hybridized carbons (Fsp3) is 0.400. The fourth-order valence-electron chi connectivity index (χ4n) is 4.51. The summed E-state index contributed by atoms with van der Waals surface area (Å²) in [7, 11) is 0. The summed E-state index contributed by atoms with van der Waals surface area (Å²) in [6.45, 7) is 5.90. The maximum absolute atomic E-state index is 13.0. The number of nitrogens with one attached hydrogen (secondary N) is 1. The molecule has 9 nitrogen and oxygen atoms in total. The second-order valence-electron chi connectivity index (χ2n) is 9.10. The Labute approximate surface area is 210 Å². The van der Waals surface area contributed by atoms with Crippen LogP contribution in [0.5, 0.6) is 0 Å². The molecule has 37 heavy (non-hydrogen) atoms. The third-order valence-electron chi connectivity index (χ3n) is 6.42. The van der Waals surface area contributed by atoms with Gasteiger partial charge in [0.15, 0.2) is 17.3 Å². The molecule has 0 radical (unpaired) electrons. The second-order valence-corrected chi connectivity index (χ2v) is 9.10. The lowest BCUT2D eigenvalue weighted by atomic mass is 10.1. The van der Waals surface area contributed by atoms with Crippen LogP contribution >= 0.6 is 0 Å². The number of likely N-dealkylation sites (tertiary alicyclic amines) is 1. The van der Waals surface area contributed by atoms with Crippen molar-refractivity contribution >= 4 is 22.9 Å². The van der Waals surface area contributed by atoms with E-state index in [0.29, 0.717) is 64.9 Å². The summed E-state index contributed by atoms with van der Waals surface area (Å²) in [6, 6.07) is 5.03. The van der Waals surface area contributed by atoms with Gasteiger partial charge in [-0.1, -0.05) is 17.3 Å². The highest BCUT2D eigenvalue weighted by Gasteiger charge is 2.30. The first-order chi connectivity index (χ1) is 17.7. The molecule has 0 atom stereocenters. The fourth-order valence-corrected chi connectivity index (χ4v) is 4.51. The van der Waals surface area contributed by atoms with E-state index >= 15 is 0 Å². The Morgan fingerprint density at radius 1 is 1.14 bits per heavy atom. The van der Waals surface area contributed by atoms with Crippen LogP contribution in [0.3, 0.4) is 0 Å². The van der Waals surface area contributed by atoms with Gasteiger partial charge in [-0.05, 0) is 44.4 Å². The molecule has 1 aliphatic heterocycles. The number of carbonyl (C=O) groups excluding carboxylic acids is 1. The Bertz CT molecular complexity index is 1410. The first-order valence-electron chi connectivity index (χ1n) is 12.0. The predicted molar refractivity (Wildman–Crippen MR) is 130 cm³/mol. The molecule has 194 valence electrons. The number of hydrogen-bond donors (Lipinski definition) is 1. The molecule has 4 heterocycles. The Kier molecular flexibility index (Phi) is 6.57. The molecule has 1 aliphatic rings. The van der Waals surface area contributed by atoms with Crippen molar-refractivity contribution in [2.45, 2.75) is 45.8 Å². The van der Waals surface area contributed by atoms with E-state index in [1.54, 1.807) is 24.7 Å². The lowest BCUT2D eigenvalue weighted by Crippen LogP contribution is -2.27. The van der Waals surface area contributed by atoms with Crippen LogP contribution in [0.4, 0.5) is 19.0 Å². The number of alkyl halides is 3. The lowest BCUT2D eigenvalue weighted by molar-refractivity contribution is -0.137. The molecule has 1 saturated heterocycles. The monoisotopic (exact) mass is 513 g/mol. The van der Waals surface area contributed by atoms with Gasteiger partial charge in [0.2, 0.25) is 5.91 Å². The van der Waals surface area contributed by atoms with Gasteiger partial charge >= 0.3 is 6.18 Å². The maximum Gasteiger partial charge on any atom is 0.416 e. The molecule has 4 aromatic rings. The number of benzene rings is 1. The number of fused-ring (bicyclic) bond motifs is 1. The van der Waals surface area contributed by atoms with E-state index in [1.165, 1.54) is 12.1 Å². The Hall–Kier alpha value is -3.96. The van der Waals surface area contributed by atoms with Gasteiger partial charge < -0.3 is 19.3 Å². The predicted octanol–water partition coefficient (Wildman–Crippen LogP) is 4.59. The Morgan fingerprint density at radius 2 is 1.92 bits per heavy atom. The van der Waals surface area contributed by atoms with Gasteiger partial charge in [0, 0.05) is 26.1 Å². The van der Waals surface area contributed by atoms with Crippen LogP contribution in [0.1, 0.15) is 41.8 Å². The van der Waals surface area contributed by atoms with Crippen molar-refractivity contribution in [3.8, 4) is 11.4 Å². The van der Waals surface area contributed by atoms with Crippen molar-refractivity contribution in [1.82, 2.24) is 29.6 Å². The minimum Gasteiger partial charge on any atom is -0.368 e. The van der Waals surface area contributed by atoms with Gasteiger partial charge in [-0.25, -0.2) is 15.0 Å². The van der Waals surface area contributed by atoms with E-state index in [-0.39, 0.29) is 12.5 Å². The smallest absolute Gasteiger partial charge is 0.368 e. The van der Waals surface area contributed by atoms with Crippen LogP contribution in [0.2, 0.25) is 0 Å². The van der Waals surface area contributed by atoms with Gasteiger partial charge in [0.25, 0.3) is 0 Å². The summed E-state index contributed by atoms with van der Waals surface area (Å²) in [5.41, 5.74) is 2.37. The number of carbonyl (C=O) groups is 1. The van der Waals surface area contributed by atoms with Gasteiger partial charge in [0.05, 0.1) is 29.7 Å². The highest BCUT2D eigenvalue weighted by atomic mass is 19.4. The van der Waals surface area contributed by atoms with Gasteiger partial charge in [-0.15, -0.1) is 0 Å². The standard InChI is InChI=1S/C25H26F3N7O2/c1-15-20(16(2)37-33-15)22-31-23(29-10-4-12-34-11-3-5-19(34)36)21-24(32-22)35(14-30-21)13-17-6-8-18(9-7-17)25(26,27)28/h6-9,14H,3-5,10-13H2,1-2H3,(H,29,31,32). The van der Waals surface area contributed by atoms with Crippen molar-refractivity contribution in [2.75, 3.05) is 25.0 Å². The first-order valence-corrected chi connectivity index (χ1v) is 12.0. The zero-order valence-corrected chi connectivity index (χ0v) is 20.5. The summed E-state index contributed by atoms with van der Waals surface area (Å²) < 4.78 is 46.0. The number of rotatable bonds is 8. The minimum absolute atomic E-state index is 0.187. The first kappa shape index (κ1) is 24.7. The van der Waals surface area contributed by atoms with Crippen LogP contribution in [0, 0.1) is 13.8 Å². The summed E-state index contributed by atoms with van der Waals surface area (Å²) >= 11 is 0. The molecule has 0 bridgehead atoms. The van der Waals surface area contributed by atoms with Crippen LogP contribution in [0.15, 0.2) is 35.1 Å². The zero-order valence-electron chi connectivity index (χ0n) is 20.5. The van der Waals surface area contributed by atoms with E-state index < -0.39 is 11.7 Å². The average molecular weight is 514 g/mol. The van der Waals surface area contributed by atoms with Crippen molar-refractivity contribution in [3.63, 3.8) is 0 Å². The van der Waals surface area contributed by atoms with Crippen LogP contribution < -0.4 is 5.32 Å². The van der Waals surface area contributed by atoms with Crippen molar-refractivity contribution in [3.05, 3.63) is 53.2 Å². The van der Waals surface area contributed by atoms with E-state index in [0.717, 1.165) is 31.5 Å². The number of imidazole rings is 1. The third-order valence-corrected chi connectivity index (χ3v) is 6.42. The van der Waals surface area contributed by atoms with Crippen molar-refractivity contribution < 1.29 is 22.5 Å². The molecule has 3 aromatic heterocycles. The molecule has 5 rings (SSSR count). The topological polar surface area (TPSA) is 102 Å². The molecule has 0 aliphatic carbocycles. The van der Waals surface area contributed by atoms with E-state index in [1.807, 2.05) is 4.90 Å². The molecule has 0 unspecified atom stereocenters. The SMILES string of the molecule is Cc1noc(C)c1-c1nc(NCCCN2CCCC2=O)c2ncn(Cc3ccc(C(F)(F)F)cc3)c2n1. The van der Waals surface area contributed by atoms with Gasteiger partial charge in [0.1, 0.15) is 11.3 Å². The van der Waals surface area contributed by atoms with E-state index in [4.69, 9.17) is 14.5 Å². The minimum atomic E-state index is -4.39.